The van der Waals surface area contributed by atoms with E-state index in [-0.39, 0.29) is 0 Å². The largest absolute Gasteiger partial charge is 0.356 e. The van der Waals surface area contributed by atoms with Crippen LogP contribution in [0.2, 0.25) is 0 Å². The summed E-state index contributed by atoms with van der Waals surface area (Å²) < 4.78 is 4.36. The van der Waals surface area contributed by atoms with Crippen LogP contribution in [0.15, 0.2) is 35.3 Å². The van der Waals surface area contributed by atoms with Crippen LogP contribution in [-0.4, -0.2) is 45.4 Å². The molecular weight excluding hydrogens is 362 g/mol. The van der Waals surface area contributed by atoms with Gasteiger partial charge in [-0.15, -0.1) is 0 Å². The Kier molecular flexibility index (Phi) is 6.90. The zero-order valence-corrected chi connectivity index (χ0v) is 18.2. The third kappa shape index (κ3) is 5.37. The third-order valence-electron chi connectivity index (χ3n) is 5.13. The monoisotopic (exact) mass is 395 g/mol. The summed E-state index contributed by atoms with van der Waals surface area (Å²) in [7, 11) is 1.81. The predicted octanol–water partition coefficient (Wildman–Crippen LogP) is 3.05. The molecule has 0 spiro atoms. The summed E-state index contributed by atoms with van der Waals surface area (Å²) in [5.41, 5.74) is 4.54. The molecule has 0 saturated carbocycles. The van der Waals surface area contributed by atoms with E-state index in [2.05, 4.69) is 80.0 Å². The van der Waals surface area contributed by atoms with E-state index in [9.17, 15) is 0 Å². The number of aliphatic imine (C=N–C) groups is 1. The Labute approximate surface area is 173 Å². The molecule has 1 unspecified atom stereocenters. The molecule has 2 heterocycles. The lowest BCUT2D eigenvalue weighted by atomic mass is 10.2. The number of benzene rings is 1. The lowest BCUT2D eigenvalue weighted by Crippen LogP contribution is -2.40. The first kappa shape index (κ1) is 20.9. The first-order valence-electron chi connectivity index (χ1n) is 10.4. The highest BCUT2D eigenvalue weighted by Gasteiger charge is 2.09. The quantitative estimate of drug-likeness (QED) is 0.349. The van der Waals surface area contributed by atoms with Crippen LogP contribution in [-0.2, 0) is 13.1 Å². The van der Waals surface area contributed by atoms with Crippen molar-refractivity contribution in [3.63, 3.8) is 0 Å². The van der Waals surface area contributed by atoms with Crippen LogP contribution in [0.5, 0.6) is 0 Å². The normalized spacial score (nSPS) is 13.1. The van der Waals surface area contributed by atoms with Gasteiger partial charge in [0, 0.05) is 38.9 Å². The van der Waals surface area contributed by atoms with Crippen molar-refractivity contribution >= 4 is 17.0 Å². The van der Waals surface area contributed by atoms with Crippen LogP contribution in [0.3, 0.4) is 0 Å². The van der Waals surface area contributed by atoms with Crippen LogP contribution >= 0.6 is 0 Å². The number of imidazole rings is 1. The highest BCUT2D eigenvalue weighted by atomic mass is 15.3. The van der Waals surface area contributed by atoms with E-state index in [1.807, 2.05) is 20.0 Å². The van der Waals surface area contributed by atoms with Gasteiger partial charge in [0.2, 0.25) is 0 Å². The van der Waals surface area contributed by atoms with Gasteiger partial charge >= 0.3 is 0 Å². The van der Waals surface area contributed by atoms with Gasteiger partial charge in [-0.2, -0.15) is 5.10 Å². The van der Waals surface area contributed by atoms with Crippen molar-refractivity contribution in [2.24, 2.45) is 10.9 Å². The van der Waals surface area contributed by atoms with Crippen LogP contribution in [0.1, 0.15) is 30.6 Å². The summed E-state index contributed by atoms with van der Waals surface area (Å²) >= 11 is 0. The Balaban J connectivity index is 1.42. The van der Waals surface area contributed by atoms with E-state index < -0.39 is 0 Å². The van der Waals surface area contributed by atoms with E-state index in [1.165, 1.54) is 11.2 Å². The van der Waals surface area contributed by atoms with Gasteiger partial charge in [-0.3, -0.25) is 9.67 Å². The maximum absolute atomic E-state index is 4.63. The number of aryl methyl sites for hydroxylation is 4. The second-order valence-electron chi connectivity index (χ2n) is 7.75. The van der Waals surface area contributed by atoms with Gasteiger partial charge in [-0.1, -0.05) is 19.1 Å². The van der Waals surface area contributed by atoms with Gasteiger partial charge in [-0.05, 0) is 51.3 Å². The van der Waals surface area contributed by atoms with Crippen molar-refractivity contribution in [3.05, 3.63) is 47.5 Å². The molecule has 3 aromatic rings. The van der Waals surface area contributed by atoms with Gasteiger partial charge in [-0.25, -0.2) is 4.98 Å². The lowest BCUT2D eigenvalue weighted by molar-refractivity contribution is 0.435. The number of guanidine groups is 1. The lowest BCUT2D eigenvalue weighted by Gasteiger charge is -2.17. The molecular formula is C22H33N7. The molecule has 0 fully saturated rings. The highest BCUT2D eigenvalue weighted by Crippen LogP contribution is 2.15. The molecule has 1 aromatic carbocycles. The second-order valence-corrected chi connectivity index (χ2v) is 7.75. The topological polar surface area (TPSA) is 72.1 Å². The zero-order chi connectivity index (χ0) is 20.8. The molecule has 156 valence electrons. The third-order valence-corrected chi connectivity index (χ3v) is 5.13. The van der Waals surface area contributed by atoms with Crippen LogP contribution in [0.4, 0.5) is 0 Å². The molecule has 0 amide bonds. The van der Waals surface area contributed by atoms with Crippen molar-refractivity contribution in [2.45, 2.75) is 47.2 Å². The fourth-order valence-corrected chi connectivity index (χ4v) is 3.63. The second kappa shape index (κ2) is 9.58. The maximum atomic E-state index is 4.63. The minimum absolute atomic E-state index is 0.450. The number of nitrogens with zero attached hydrogens (tertiary/aromatic N) is 5. The van der Waals surface area contributed by atoms with Gasteiger partial charge in [0.1, 0.15) is 5.82 Å². The SMILES string of the molecule is CN=C(NCCCn1c(C)nc2ccccc21)NCC(C)Cn1nc(C)cc1C. The number of nitrogens with one attached hydrogen (secondary N) is 2. The summed E-state index contributed by atoms with van der Waals surface area (Å²) in [6.45, 7) is 12.0. The van der Waals surface area contributed by atoms with Gasteiger partial charge in [0.05, 0.1) is 16.7 Å². The Morgan fingerprint density at radius 2 is 1.97 bits per heavy atom. The number of fused-ring (bicyclic) bond motifs is 1. The summed E-state index contributed by atoms with van der Waals surface area (Å²) in [6, 6.07) is 10.4. The van der Waals surface area contributed by atoms with E-state index in [0.29, 0.717) is 5.92 Å². The molecule has 2 N–H and O–H groups in total. The maximum Gasteiger partial charge on any atom is 0.190 e. The number of hydrogen-bond acceptors (Lipinski definition) is 3. The molecule has 29 heavy (non-hydrogen) atoms. The Morgan fingerprint density at radius 1 is 1.17 bits per heavy atom. The number of para-hydroxylation sites is 2. The fourth-order valence-electron chi connectivity index (χ4n) is 3.63. The van der Waals surface area contributed by atoms with Crippen molar-refractivity contribution in [2.75, 3.05) is 20.1 Å². The summed E-state index contributed by atoms with van der Waals surface area (Å²) in [5, 5.41) is 11.4. The minimum atomic E-state index is 0.450. The first-order chi connectivity index (χ1) is 14.0. The molecule has 0 aliphatic carbocycles. The Morgan fingerprint density at radius 3 is 2.69 bits per heavy atom. The van der Waals surface area contributed by atoms with Crippen LogP contribution in [0.25, 0.3) is 11.0 Å². The smallest absolute Gasteiger partial charge is 0.190 e. The van der Waals surface area contributed by atoms with Crippen LogP contribution < -0.4 is 10.6 Å². The van der Waals surface area contributed by atoms with Crippen molar-refractivity contribution in [1.82, 2.24) is 30.0 Å². The number of hydrogen-bond donors (Lipinski definition) is 2. The Hall–Kier alpha value is -2.83. The zero-order valence-electron chi connectivity index (χ0n) is 18.2. The van der Waals surface area contributed by atoms with E-state index in [1.54, 1.807) is 0 Å². The van der Waals surface area contributed by atoms with E-state index in [0.717, 1.165) is 55.6 Å². The molecule has 0 aliphatic heterocycles. The molecule has 7 heteroatoms. The summed E-state index contributed by atoms with van der Waals surface area (Å²) in [5.74, 6) is 2.36. The standard InChI is InChI=1S/C22H33N7/c1-16(15-29-18(3)13-17(2)27-29)14-25-22(23-5)24-11-8-12-28-19(4)26-20-9-6-7-10-21(20)28/h6-7,9-10,13,16H,8,11-12,14-15H2,1-5H3,(H2,23,24,25). The first-order valence-corrected chi connectivity index (χ1v) is 10.4. The predicted molar refractivity (Wildman–Crippen MR) is 119 cm³/mol. The Bertz CT molecular complexity index is 967. The summed E-state index contributed by atoms with van der Waals surface area (Å²) in [6.07, 6.45) is 1.00. The molecule has 0 aliphatic rings. The average molecular weight is 396 g/mol. The summed E-state index contributed by atoms with van der Waals surface area (Å²) in [4.78, 5) is 8.98. The van der Waals surface area contributed by atoms with Gasteiger partial charge < -0.3 is 15.2 Å². The highest BCUT2D eigenvalue weighted by molar-refractivity contribution is 5.79. The molecule has 7 nitrogen and oxygen atoms in total. The average Bonchev–Trinajstić information content (AvgIpc) is 3.18. The van der Waals surface area contributed by atoms with Crippen LogP contribution in [0, 0.1) is 26.7 Å². The molecule has 1 atom stereocenters. The van der Waals surface area contributed by atoms with Crippen molar-refractivity contribution < 1.29 is 0 Å². The molecule has 0 radical (unpaired) electrons. The molecule has 2 aromatic heterocycles. The minimum Gasteiger partial charge on any atom is -0.356 e. The van der Waals surface area contributed by atoms with Gasteiger partial charge in [0.15, 0.2) is 5.96 Å². The van der Waals surface area contributed by atoms with Crippen molar-refractivity contribution in [1.29, 1.82) is 0 Å². The number of rotatable bonds is 8. The van der Waals surface area contributed by atoms with E-state index >= 15 is 0 Å². The molecule has 3 rings (SSSR count). The number of aromatic nitrogens is 4. The van der Waals surface area contributed by atoms with Crippen molar-refractivity contribution in [3.8, 4) is 0 Å². The molecule has 0 bridgehead atoms. The molecule has 0 saturated heterocycles. The van der Waals surface area contributed by atoms with E-state index in [4.69, 9.17) is 0 Å². The van der Waals surface area contributed by atoms with Gasteiger partial charge in [0.25, 0.3) is 0 Å². The fraction of sp³-hybridized carbons (Fsp3) is 0.500.